The van der Waals surface area contributed by atoms with E-state index >= 15 is 0 Å². The van der Waals surface area contributed by atoms with Crippen LogP contribution in [0.2, 0.25) is 0 Å². The molecule has 1 atom stereocenters. The molecular weight excluding hydrogens is 220 g/mol. The number of likely N-dealkylation sites (N-methyl/N-ethyl adjacent to an activating group) is 1. The van der Waals surface area contributed by atoms with Gasteiger partial charge >= 0.3 is 5.97 Å². The Morgan fingerprint density at radius 1 is 1.18 bits per heavy atom. The largest absolute Gasteiger partial charge is 0.480 e. The van der Waals surface area contributed by atoms with E-state index in [1.165, 1.54) is 0 Å². The molecule has 0 fully saturated rings. The average Bonchev–Trinajstić information content (AvgIpc) is 2.12. The summed E-state index contributed by atoms with van der Waals surface area (Å²) in [5.41, 5.74) is -1.39. The van der Waals surface area contributed by atoms with E-state index < -0.39 is 17.6 Å². The number of carbonyl (C=O) groups is 2. The number of amides is 1. The van der Waals surface area contributed by atoms with Crippen LogP contribution in [-0.4, -0.2) is 46.1 Å². The predicted molar refractivity (Wildman–Crippen MR) is 66.8 cm³/mol. The Kier molecular flexibility index (Phi) is 4.71. The van der Waals surface area contributed by atoms with Gasteiger partial charge in [0, 0.05) is 5.54 Å². The third kappa shape index (κ3) is 4.34. The molecular formula is C12H24N2O3. The molecule has 0 aliphatic heterocycles. The summed E-state index contributed by atoms with van der Waals surface area (Å²) in [5.74, 6) is -1.12. The highest BCUT2D eigenvalue weighted by Gasteiger charge is 2.37. The SMILES string of the molecule is CC(C(=O)NC(C)(C)C)N(C)C(C)(C)C(=O)O. The number of nitrogens with one attached hydrogen (secondary N) is 1. The zero-order valence-corrected chi connectivity index (χ0v) is 11.8. The molecule has 0 aliphatic carbocycles. The number of carbonyl (C=O) groups excluding carboxylic acids is 1. The van der Waals surface area contributed by atoms with E-state index in [-0.39, 0.29) is 11.4 Å². The van der Waals surface area contributed by atoms with Crippen molar-refractivity contribution in [2.75, 3.05) is 7.05 Å². The van der Waals surface area contributed by atoms with Crippen molar-refractivity contribution in [3.05, 3.63) is 0 Å². The summed E-state index contributed by atoms with van der Waals surface area (Å²) < 4.78 is 0. The van der Waals surface area contributed by atoms with Gasteiger partial charge in [-0.25, -0.2) is 0 Å². The maximum atomic E-state index is 11.9. The first-order valence-electron chi connectivity index (χ1n) is 5.68. The molecule has 5 nitrogen and oxygen atoms in total. The van der Waals surface area contributed by atoms with Gasteiger partial charge < -0.3 is 10.4 Å². The first-order valence-corrected chi connectivity index (χ1v) is 5.68. The Bertz CT molecular complexity index is 305. The standard InChI is InChI=1S/C12H24N2O3/c1-8(9(15)13-11(2,3)4)14(7)12(5,6)10(16)17/h8H,1-7H3,(H,13,15)(H,16,17). The van der Waals surface area contributed by atoms with Gasteiger partial charge in [-0.2, -0.15) is 0 Å². The lowest BCUT2D eigenvalue weighted by atomic mass is 10.0. The van der Waals surface area contributed by atoms with Crippen molar-refractivity contribution >= 4 is 11.9 Å². The van der Waals surface area contributed by atoms with Crippen LogP contribution in [0, 0.1) is 0 Å². The van der Waals surface area contributed by atoms with Gasteiger partial charge in [0.25, 0.3) is 0 Å². The van der Waals surface area contributed by atoms with Crippen molar-refractivity contribution in [2.45, 2.75) is 58.7 Å². The molecule has 17 heavy (non-hydrogen) atoms. The molecule has 0 spiro atoms. The number of carboxylic acid groups (broad SMARTS) is 1. The highest BCUT2D eigenvalue weighted by molar-refractivity contribution is 5.84. The predicted octanol–water partition coefficient (Wildman–Crippen LogP) is 1.08. The summed E-state index contributed by atoms with van der Waals surface area (Å²) in [5, 5.41) is 11.9. The van der Waals surface area contributed by atoms with Gasteiger partial charge in [-0.1, -0.05) is 0 Å². The fourth-order valence-corrected chi connectivity index (χ4v) is 1.28. The molecule has 0 aromatic heterocycles. The molecule has 0 radical (unpaired) electrons. The Morgan fingerprint density at radius 2 is 1.59 bits per heavy atom. The number of nitrogens with zero attached hydrogens (tertiary/aromatic N) is 1. The molecule has 0 saturated heterocycles. The topological polar surface area (TPSA) is 69.6 Å². The zero-order chi connectivity index (χ0) is 14.0. The quantitative estimate of drug-likeness (QED) is 0.776. The van der Waals surface area contributed by atoms with Gasteiger partial charge in [-0.05, 0) is 48.6 Å². The molecule has 0 aromatic rings. The third-order valence-electron chi connectivity index (χ3n) is 2.86. The van der Waals surface area contributed by atoms with Gasteiger partial charge in [-0.15, -0.1) is 0 Å². The maximum Gasteiger partial charge on any atom is 0.323 e. The molecule has 100 valence electrons. The van der Waals surface area contributed by atoms with Gasteiger partial charge in [0.05, 0.1) is 6.04 Å². The van der Waals surface area contributed by atoms with E-state index in [1.807, 2.05) is 20.8 Å². The highest BCUT2D eigenvalue weighted by atomic mass is 16.4. The van der Waals surface area contributed by atoms with Crippen molar-refractivity contribution in [1.29, 1.82) is 0 Å². The Balaban J connectivity index is 4.77. The van der Waals surface area contributed by atoms with Gasteiger partial charge in [0.15, 0.2) is 0 Å². The fourth-order valence-electron chi connectivity index (χ4n) is 1.28. The fraction of sp³-hybridized carbons (Fsp3) is 0.833. The van der Waals surface area contributed by atoms with E-state index in [1.54, 1.807) is 32.7 Å². The molecule has 0 saturated carbocycles. The number of hydrogen-bond acceptors (Lipinski definition) is 3. The van der Waals surface area contributed by atoms with Crippen molar-refractivity contribution in [3.8, 4) is 0 Å². The summed E-state index contributed by atoms with van der Waals surface area (Å²) in [6.07, 6.45) is 0. The van der Waals surface area contributed by atoms with Crippen LogP contribution in [0.4, 0.5) is 0 Å². The second kappa shape index (κ2) is 5.04. The van der Waals surface area contributed by atoms with Crippen LogP contribution in [0.1, 0.15) is 41.5 Å². The zero-order valence-electron chi connectivity index (χ0n) is 11.8. The van der Waals surface area contributed by atoms with E-state index in [0.717, 1.165) is 0 Å². The van der Waals surface area contributed by atoms with Crippen LogP contribution in [0.15, 0.2) is 0 Å². The Morgan fingerprint density at radius 3 is 1.88 bits per heavy atom. The summed E-state index contributed by atoms with van der Waals surface area (Å²) in [6.45, 7) is 10.5. The van der Waals surface area contributed by atoms with Crippen LogP contribution in [-0.2, 0) is 9.59 Å². The smallest absolute Gasteiger partial charge is 0.323 e. The molecule has 2 N–H and O–H groups in total. The summed E-state index contributed by atoms with van der Waals surface area (Å²) >= 11 is 0. The second-order valence-corrected chi connectivity index (χ2v) is 5.89. The van der Waals surface area contributed by atoms with Gasteiger partial charge in [-0.3, -0.25) is 14.5 Å². The molecule has 0 aliphatic rings. The molecule has 5 heteroatoms. The van der Waals surface area contributed by atoms with Crippen LogP contribution in [0.5, 0.6) is 0 Å². The molecule has 0 rings (SSSR count). The second-order valence-electron chi connectivity index (χ2n) is 5.89. The Hall–Kier alpha value is -1.10. The Labute approximate surface area is 103 Å². The highest BCUT2D eigenvalue weighted by Crippen LogP contribution is 2.16. The van der Waals surface area contributed by atoms with E-state index in [2.05, 4.69) is 5.32 Å². The summed E-state index contributed by atoms with van der Waals surface area (Å²) in [6, 6.07) is -0.500. The van der Waals surface area contributed by atoms with Crippen molar-refractivity contribution in [3.63, 3.8) is 0 Å². The van der Waals surface area contributed by atoms with Crippen LogP contribution < -0.4 is 5.32 Å². The minimum absolute atomic E-state index is 0.172. The number of hydrogen-bond donors (Lipinski definition) is 2. The lowest BCUT2D eigenvalue weighted by Gasteiger charge is -2.36. The van der Waals surface area contributed by atoms with Gasteiger partial charge in [0.1, 0.15) is 5.54 Å². The van der Waals surface area contributed by atoms with E-state index in [0.29, 0.717) is 0 Å². The maximum absolute atomic E-state index is 11.9. The molecule has 0 bridgehead atoms. The first kappa shape index (κ1) is 15.9. The van der Waals surface area contributed by atoms with Crippen LogP contribution in [0.25, 0.3) is 0 Å². The number of aliphatic carboxylic acids is 1. The number of rotatable bonds is 4. The molecule has 1 amide bonds. The monoisotopic (exact) mass is 244 g/mol. The summed E-state index contributed by atoms with van der Waals surface area (Å²) in [7, 11) is 1.64. The minimum Gasteiger partial charge on any atom is -0.480 e. The lowest BCUT2D eigenvalue weighted by Crippen LogP contribution is -2.58. The van der Waals surface area contributed by atoms with Crippen molar-refractivity contribution in [2.24, 2.45) is 0 Å². The van der Waals surface area contributed by atoms with Crippen LogP contribution >= 0.6 is 0 Å². The van der Waals surface area contributed by atoms with Crippen molar-refractivity contribution in [1.82, 2.24) is 10.2 Å². The first-order chi connectivity index (χ1) is 7.39. The van der Waals surface area contributed by atoms with E-state index in [4.69, 9.17) is 5.11 Å². The molecule has 1 unspecified atom stereocenters. The molecule has 0 heterocycles. The van der Waals surface area contributed by atoms with Crippen LogP contribution in [0.3, 0.4) is 0 Å². The third-order valence-corrected chi connectivity index (χ3v) is 2.86. The minimum atomic E-state index is -1.07. The summed E-state index contributed by atoms with van der Waals surface area (Å²) in [4.78, 5) is 24.6. The lowest BCUT2D eigenvalue weighted by molar-refractivity contribution is -0.151. The normalized spacial score (nSPS) is 14.6. The number of carboxylic acids is 1. The average molecular weight is 244 g/mol. The van der Waals surface area contributed by atoms with Crippen molar-refractivity contribution < 1.29 is 14.7 Å². The molecule has 0 aromatic carbocycles. The van der Waals surface area contributed by atoms with Gasteiger partial charge in [0.2, 0.25) is 5.91 Å². The van der Waals surface area contributed by atoms with E-state index in [9.17, 15) is 9.59 Å².